The van der Waals surface area contributed by atoms with Gasteiger partial charge in [-0.25, -0.2) is 4.98 Å². The highest BCUT2D eigenvalue weighted by Crippen LogP contribution is 2.11. The number of aryl methyl sites for hydroxylation is 3. The maximum atomic E-state index is 12.3. The molecule has 0 atom stereocenters. The monoisotopic (exact) mass is 324 g/mol. The van der Waals surface area contributed by atoms with E-state index in [-0.39, 0.29) is 5.43 Å². The molecular formula is C19H24N4O. The molecule has 5 heteroatoms. The van der Waals surface area contributed by atoms with Gasteiger partial charge in [-0.15, -0.1) is 0 Å². The van der Waals surface area contributed by atoms with E-state index in [2.05, 4.69) is 26.5 Å². The highest BCUT2D eigenvalue weighted by molar-refractivity contribution is 5.79. The lowest BCUT2D eigenvalue weighted by molar-refractivity contribution is 0.317. The van der Waals surface area contributed by atoms with Crippen LogP contribution in [0.15, 0.2) is 41.5 Å². The third-order valence-corrected chi connectivity index (χ3v) is 4.34. The van der Waals surface area contributed by atoms with Crippen molar-refractivity contribution in [3.63, 3.8) is 0 Å². The lowest BCUT2D eigenvalue weighted by Crippen LogP contribution is -2.21. The number of benzene rings is 1. The second-order valence-corrected chi connectivity index (χ2v) is 6.50. The van der Waals surface area contributed by atoms with Gasteiger partial charge in [-0.3, -0.25) is 4.79 Å². The number of nitrogens with zero attached hydrogens (tertiary/aromatic N) is 3. The average Bonchev–Trinajstić information content (AvgIpc) is 2.93. The van der Waals surface area contributed by atoms with Crippen molar-refractivity contribution in [2.45, 2.75) is 26.3 Å². The fraction of sp³-hybridized carbons (Fsp3) is 0.368. The first kappa shape index (κ1) is 16.5. The number of pyridine rings is 1. The molecule has 3 aromatic rings. The number of rotatable bonds is 6. The smallest absolute Gasteiger partial charge is 0.189 e. The maximum Gasteiger partial charge on any atom is 0.189 e. The summed E-state index contributed by atoms with van der Waals surface area (Å²) in [6, 6.07) is 7.67. The van der Waals surface area contributed by atoms with Crippen molar-refractivity contribution in [2.24, 2.45) is 7.05 Å². The molecule has 1 aromatic carbocycles. The van der Waals surface area contributed by atoms with E-state index in [0.29, 0.717) is 0 Å². The predicted molar refractivity (Wildman–Crippen MR) is 97.2 cm³/mol. The number of imidazole rings is 1. The Labute approximate surface area is 142 Å². The van der Waals surface area contributed by atoms with E-state index >= 15 is 0 Å². The Hall–Kier alpha value is -2.40. The van der Waals surface area contributed by atoms with Gasteiger partial charge in [0.05, 0.1) is 0 Å². The molecule has 5 nitrogen and oxygen atoms in total. The molecule has 0 fully saturated rings. The summed E-state index contributed by atoms with van der Waals surface area (Å²) in [5.41, 5.74) is 3.05. The molecule has 0 amide bonds. The lowest BCUT2D eigenvalue weighted by Gasteiger charge is -2.17. The second kappa shape index (κ2) is 7.01. The van der Waals surface area contributed by atoms with Gasteiger partial charge in [0.2, 0.25) is 0 Å². The first-order chi connectivity index (χ1) is 11.5. The van der Waals surface area contributed by atoms with Crippen LogP contribution in [0.25, 0.3) is 10.9 Å². The summed E-state index contributed by atoms with van der Waals surface area (Å²) < 4.78 is 2.06. The Morgan fingerprint density at radius 2 is 2.12 bits per heavy atom. The van der Waals surface area contributed by atoms with Crippen molar-refractivity contribution in [3.05, 3.63) is 64.0 Å². The van der Waals surface area contributed by atoms with Crippen LogP contribution in [0.3, 0.4) is 0 Å². The molecule has 0 aliphatic heterocycles. The van der Waals surface area contributed by atoms with Gasteiger partial charge in [0, 0.05) is 55.1 Å². The number of aromatic nitrogens is 3. The number of hydrogen-bond acceptors (Lipinski definition) is 3. The Balaban J connectivity index is 1.63. The summed E-state index contributed by atoms with van der Waals surface area (Å²) in [6.07, 6.45) is 5.81. The molecule has 0 unspecified atom stereocenters. The molecule has 0 radical (unpaired) electrons. The van der Waals surface area contributed by atoms with Crippen LogP contribution in [0, 0.1) is 6.92 Å². The topological polar surface area (TPSA) is 53.9 Å². The molecule has 0 spiro atoms. The minimum Gasteiger partial charge on any atom is -0.357 e. The van der Waals surface area contributed by atoms with Crippen LogP contribution in [0.4, 0.5) is 0 Å². The Morgan fingerprint density at radius 1 is 1.29 bits per heavy atom. The number of hydrogen-bond donors (Lipinski definition) is 1. The van der Waals surface area contributed by atoms with Gasteiger partial charge >= 0.3 is 0 Å². The van der Waals surface area contributed by atoms with E-state index in [1.54, 1.807) is 6.07 Å². The lowest BCUT2D eigenvalue weighted by atomic mass is 10.1. The minimum absolute atomic E-state index is 0.0869. The van der Waals surface area contributed by atoms with E-state index in [1.807, 2.05) is 44.6 Å². The highest BCUT2D eigenvalue weighted by Gasteiger charge is 2.06. The maximum absolute atomic E-state index is 12.3. The van der Waals surface area contributed by atoms with Crippen LogP contribution < -0.4 is 5.43 Å². The van der Waals surface area contributed by atoms with E-state index < -0.39 is 0 Å². The van der Waals surface area contributed by atoms with Gasteiger partial charge in [-0.05, 0) is 39.1 Å². The number of nitrogens with one attached hydrogen (secondary N) is 1. The van der Waals surface area contributed by atoms with Crippen molar-refractivity contribution >= 4 is 10.9 Å². The van der Waals surface area contributed by atoms with Crippen LogP contribution in [0.1, 0.15) is 23.5 Å². The van der Waals surface area contributed by atoms with Crippen LogP contribution >= 0.6 is 0 Å². The standard InChI is InChI=1S/C19H24N4O/c1-14-6-7-17-16(11-14)18(24)12-15(21-17)13-22(2)9-4-5-19-20-8-10-23(19)3/h6-8,10-12H,4-5,9,13H2,1-3H3,(H,21,24). The number of H-pyrrole nitrogens is 1. The molecule has 24 heavy (non-hydrogen) atoms. The summed E-state index contributed by atoms with van der Waals surface area (Å²) in [4.78, 5) is 22.2. The summed E-state index contributed by atoms with van der Waals surface area (Å²) in [5, 5.41) is 0.760. The average molecular weight is 324 g/mol. The third kappa shape index (κ3) is 3.74. The molecule has 0 saturated carbocycles. The molecule has 0 aliphatic rings. The van der Waals surface area contributed by atoms with E-state index in [4.69, 9.17) is 0 Å². The van der Waals surface area contributed by atoms with Gasteiger partial charge in [0.25, 0.3) is 0 Å². The SMILES string of the molecule is Cc1ccc2[nH]c(CN(C)CCCc3nccn3C)cc(=O)c2c1. The predicted octanol–water partition coefficient (Wildman–Crippen LogP) is 2.63. The van der Waals surface area contributed by atoms with Gasteiger partial charge in [-0.1, -0.05) is 11.6 Å². The summed E-state index contributed by atoms with van der Waals surface area (Å²) in [7, 11) is 4.10. The van der Waals surface area contributed by atoms with Gasteiger partial charge in [0.15, 0.2) is 5.43 Å². The fourth-order valence-corrected chi connectivity index (χ4v) is 3.02. The molecule has 3 rings (SSSR count). The molecule has 2 heterocycles. The Morgan fingerprint density at radius 3 is 2.88 bits per heavy atom. The number of aromatic amines is 1. The molecular weight excluding hydrogens is 300 g/mol. The van der Waals surface area contributed by atoms with Crippen LogP contribution in [0.2, 0.25) is 0 Å². The molecule has 0 saturated heterocycles. The van der Waals surface area contributed by atoms with Crippen molar-refractivity contribution in [2.75, 3.05) is 13.6 Å². The fourth-order valence-electron chi connectivity index (χ4n) is 3.02. The molecule has 0 bridgehead atoms. The minimum atomic E-state index is 0.0869. The van der Waals surface area contributed by atoms with E-state index in [0.717, 1.165) is 53.9 Å². The zero-order valence-electron chi connectivity index (χ0n) is 14.5. The zero-order chi connectivity index (χ0) is 17.1. The quantitative estimate of drug-likeness (QED) is 0.758. The third-order valence-electron chi connectivity index (χ3n) is 4.34. The Kier molecular flexibility index (Phi) is 4.81. The van der Waals surface area contributed by atoms with E-state index in [1.165, 1.54) is 0 Å². The van der Waals surface area contributed by atoms with Crippen LogP contribution in [-0.4, -0.2) is 33.0 Å². The number of fused-ring (bicyclic) bond motifs is 1. The van der Waals surface area contributed by atoms with Gasteiger partial charge in [0.1, 0.15) is 5.82 Å². The highest BCUT2D eigenvalue weighted by atomic mass is 16.1. The largest absolute Gasteiger partial charge is 0.357 e. The van der Waals surface area contributed by atoms with Crippen molar-refractivity contribution in [1.82, 2.24) is 19.4 Å². The zero-order valence-corrected chi connectivity index (χ0v) is 14.5. The van der Waals surface area contributed by atoms with Crippen molar-refractivity contribution in [1.29, 1.82) is 0 Å². The first-order valence-corrected chi connectivity index (χ1v) is 8.30. The van der Waals surface area contributed by atoms with Crippen LogP contribution in [0.5, 0.6) is 0 Å². The summed E-state index contributed by atoms with van der Waals surface area (Å²) in [6.45, 7) is 3.70. The molecule has 126 valence electrons. The Bertz CT molecular complexity index is 894. The van der Waals surface area contributed by atoms with Crippen molar-refractivity contribution in [3.8, 4) is 0 Å². The first-order valence-electron chi connectivity index (χ1n) is 8.30. The van der Waals surface area contributed by atoms with E-state index in [9.17, 15) is 4.79 Å². The molecule has 0 aliphatic carbocycles. The normalized spacial score (nSPS) is 11.5. The summed E-state index contributed by atoms with van der Waals surface area (Å²) in [5.74, 6) is 1.11. The van der Waals surface area contributed by atoms with Gasteiger partial charge < -0.3 is 14.5 Å². The molecule has 1 N–H and O–H groups in total. The molecule has 2 aromatic heterocycles. The van der Waals surface area contributed by atoms with Crippen molar-refractivity contribution < 1.29 is 0 Å². The van der Waals surface area contributed by atoms with Crippen LogP contribution in [-0.2, 0) is 20.0 Å². The van der Waals surface area contributed by atoms with Gasteiger partial charge in [-0.2, -0.15) is 0 Å². The second-order valence-electron chi connectivity index (χ2n) is 6.50. The summed E-state index contributed by atoms with van der Waals surface area (Å²) >= 11 is 0.